The van der Waals surface area contributed by atoms with E-state index >= 15 is 0 Å². The Morgan fingerprint density at radius 1 is 1.40 bits per heavy atom. The number of rotatable bonds is 3. The monoisotopic (exact) mass is 338 g/mol. The smallest absolute Gasteiger partial charge is 0.227 e. The molecule has 2 fully saturated rings. The van der Waals surface area contributed by atoms with E-state index < -0.39 is 0 Å². The van der Waals surface area contributed by atoms with Crippen LogP contribution in [0.15, 0.2) is 22.7 Å². The van der Waals surface area contributed by atoms with Gasteiger partial charge in [0.2, 0.25) is 5.91 Å². The second-order valence-corrected chi connectivity index (χ2v) is 6.53. The minimum atomic E-state index is 0.204. The van der Waals surface area contributed by atoms with E-state index in [4.69, 9.17) is 4.74 Å². The predicted octanol–water partition coefficient (Wildman–Crippen LogP) is 1.68. The summed E-state index contributed by atoms with van der Waals surface area (Å²) >= 11 is 3.45. The molecule has 2 atom stereocenters. The highest BCUT2D eigenvalue weighted by Gasteiger charge is 2.37. The van der Waals surface area contributed by atoms with Gasteiger partial charge in [-0.25, -0.2) is 0 Å². The van der Waals surface area contributed by atoms with Crippen LogP contribution in [-0.2, 0) is 11.2 Å². The van der Waals surface area contributed by atoms with Crippen molar-refractivity contribution >= 4 is 21.8 Å². The van der Waals surface area contributed by atoms with Gasteiger partial charge in [0, 0.05) is 36.2 Å². The number of fused-ring (bicyclic) bond motifs is 1. The molecule has 2 saturated heterocycles. The number of nitrogens with one attached hydrogen (secondary N) is 1. The van der Waals surface area contributed by atoms with Gasteiger partial charge in [-0.05, 0) is 30.0 Å². The molecule has 1 amide bonds. The van der Waals surface area contributed by atoms with Crippen molar-refractivity contribution in [1.29, 1.82) is 0 Å². The van der Waals surface area contributed by atoms with Crippen molar-refractivity contribution < 1.29 is 9.53 Å². The number of hydrogen-bond donors (Lipinski definition) is 1. The zero-order chi connectivity index (χ0) is 14.1. The Morgan fingerprint density at radius 2 is 2.10 bits per heavy atom. The minimum absolute atomic E-state index is 0.204. The van der Waals surface area contributed by atoms with Gasteiger partial charge in [0.15, 0.2) is 0 Å². The lowest BCUT2D eigenvalue weighted by atomic mass is 10.0. The summed E-state index contributed by atoms with van der Waals surface area (Å²) in [5.41, 5.74) is 0.946. The van der Waals surface area contributed by atoms with Gasteiger partial charge < -0.3 is 15.0 Å². The summed E-state index contributed by atoms with van der Waals surface area (Å²) < 4.78 is 6.31. The van der Waals surface area contributed by atoms with Gasteiger partial charge in [-0.15, -0.1) is 0 Å². The zero-order valence-electron chi connectivity index (χ0n) is 11.6. The van der Waals surface area contributed by atoms with Crippen molar-refractivity contribution in [3.05, 3.63) is 28.2 Å². The van der Waals surface area contributed by atoms with Crippen LogP contribution in [0, 0.1) is 11.8 Å². The summed E-state index contributed by atoms with van der Waals surface area (Å²) in [5.74, 6) is 2.27. The molecule has 0 bridgehead atoms. The molecule has 108 valence electrons. The number of carbonyl (C=O) groups is 1. The topological polar surface area (TPSA) is 41.6 Å². The van der Waals surface area contributed by atoms with Gasteiger partial charge in [0.1, 0.15) is 5.75 Å². The van der Waals surface area contributed by atoms with Crippen LogP contribution in [0.3, 0.4) is 0 Å². The van der Waals surface area contributed by atoms with Crippen molar-refractivity contribution in [2.75, 3.05) is 33.3 Å². The Labute approximate surface area is 127 Å². The highest BCUT2D eigenvalue weighted by Crippen LogP contribution is 2.28. The van der Waals surface area contributed by atoms with Crippen molar-refractivity contribution in [2.24, 2.45) is 11.8 Å². The Morgan fingerprint density at radius 3 is 2.75 bits per heavy atom. The van der Waals surface area contributed by atoms with E-state index in [1.54, 1.807) is 7.11 Å². The molecule has 0 unspecified atom stereocenters. The van der Waals surface area contributed by atoms with Gasteiger partial charge in [-0.1, -0.05) is 15.9 Å². The number of benzene rings is 1. The first-order valence-corrected chi connectivity index (χ1v) is 7.77. The Kier molecular flexibility index (Phi) is 3.98. The summed E-state index contributed by atoms with van der Waals surface area (Å²) in [6, 6.07) is 5.79. The molecular formula is C15H19BrN2O2. The average Bonchev–Trinajstić information content (AvgIpc) is 2.99. The van der Waals surface area contributed by atoms with E-state index in [0.29, 0.717) is 18.3 Å². The van der Waals surface area contributed by atoms with Crippen molar-refractivity contribution in [1.82, 2.24) is 10.2 Å². The number of hydrogen-bond acceptors (Lipinski definition) is 3. The summed E-state index contributed by atoms with van der Waals surface area (Å²) in [5, 5.41) is 3.39. The fourth-order valence-corrected chi connectivity index (χ4v) is 3.63. The molecule has 2 aliphatic rings. The molecule has 0 spiro atoms. The molecule has 1 aromatic carbocycles. The second kappa shape index (κ2) is 5.74. The Balaban J connectivity index is 1.69. The number of nitrogens with zero attached hydrogens (tertiary/aromatic N) is 1. The number of ether oxygens (including phenoxy) is 1. The standard InChI is InChI=1S/C15H19BrN2O2/c1-20-14-3-2-13(16)4-10(14)5-15(19)18-8-11-6-17-7-12(11)9-18/h2-4,11-12,17H,5-9H2,1H3/t11-,12+. The Bertz CT molecular complexity index is 509. The summed E-state index contributed by atoms with van der Waals surface area (Å²) in [6.07, 6.45) is 0.412. The molecule has 1 aromatic rings. The molecule has 4 nitrogen and oxygen atoms in total. The fourth-order valence-electron chi connectivity index (χ4n) is 3.22. The van der Waals surface area contributed by atoms with E-state index in [0.717, 1.165) is 42.0 Å². The SMILES string of the molecule is COc1ccc(Br)cc1CC(=O)N1C[C@H]2CNC[C@H]2C1. The third-order valence-electron chi connectivity index (χ3n) is 4.33. The maximum atomic E-state index is 12.5. The van der Waals surface area contributed by atoms with Crippen LogP contribution in [-0.4, -0.2) is 44.1 Å². The lowest BCUT2D eigenvalue weighted by molar-refractivity contribution is -0.129. The van der Waals surface area contributed by atoms with Crippen molar-refractivity contribution in [3.8, 4) is 5.75 Å². The maximum absolute atomic E-state index is 12.5. The lowest BCUT2D eigenvalue weighted by Crippen LogP contribution is -2.33. The average molecular weight is 339 g/mol. The van der Waals surface area contributed by atoms with Gasteiger partial charge in [-0.3, -0.25) is 4.79 Å². The van der Waals surface area contributed by atoms with Crippen molar-refractivity contribution in [2.45, 2.75) is 6.42 Å². The number of amides is 1. The van der Waals surface area contributed by atoms with E-state index in [-0.39, 0.29) is 5.91 Å². The summed E-state index contributed by atoms with van der Waals surface area (Å²) in [7, 11) is 1.64. The van der Waals surface area contributed by atoms with Crippen LogP contribution < -0.4 is 10.1 Å². The molecule has 0 radical (unpaired) electrons. The molecule has 5 heteroatoms. The molecule has 20 heavy (non-hydrogen) atoms. The number of methoxy groups -OCH3 is 1. The third-order valence-corrected chi connectivity index (χ3v) is 4.82. The molecule has 0 saturated carbocycles. The van der Waals surface area contributed by atoms with Crippen LogP contribution in [0.2, 0.25) is 0 Å². The second-order valence-electron chi connectivity index (χ2n) is 5.61. The molecule has 2 aliphatic heterocycles. The van der Waals surface area contributed by atoms with E-state index in [2.05, 4.69) is 21.2 Å². The zero-order valence-corrected chi connectivity index (χ0v) is 13.1. The van der Waals surface area contributed by atoms with Crippen LogP contribution >= 0.6 is 15.9 Å². The van der Waals surface area contributed by atoms with Crippen LogP contribution in [0.5, 0.6) is 5.75 Å². The number of halogens is 1. The molecule has 1 N–H and O–H groups in total. The Hall–Kier alpha value is -1.07. The van der Waals surface area contributed by atoms with Gasteiger partial charge in [0.25, 0.3) is 0 Å². The van der Waals surface area contributed by atoms with Gasteiger partial charge in [0.05, 0.1) is 13.5 Å². The van der Waals surface area contributed by atoms with Crippen LogP contribution in [0.1, 0.15) is 5.56 Å². The van der Waals surface area contributed by atoms with Crippen molar-refractivity contribution in [3.63, 3.8) is 0 Å². The summed E-state index contributed by atoms with van der Waals surface area (Å²) in [4.78, 5) is 14.5. The van der Waals surface area contributed by atoms with Crippen LogP contribution in [0.4, 0.5) is 0 Å². The van der Waals surface area contributed by atoms with E-state index in [1.807, 2.05) is 23.1 Å². The number of likely N-dealkylation sites (tertiary alicyclic amines) is 1. The van der Waals surface area contributed by atoms with Gasteiger partial charge in [-0.2, -0.15) is 0 Å². The molecule has 0 aromatic heterocycles. The molecule has 0 aliphatic carbocycles. The maximum Gasteiger partial charge on any atom is 0.227 e. The first-order chi connectivity index (χ1) is 9.67. The van der Waals surface area contributed by atoms with Crippen LogP contribution in [0.25, 0.3) is 0 Å². The van der Waals surface area contributed by atoms with E-state index in [1.165, 1.54) is 0 Å². The predicted molar refractivity (Wildman–Crippen MR) is 80.8 cm³/mol. The minimum Gasteiger partial charge on any atom is -0.496 e. The highest BCUT2D eigenvalue weighted by atomic mass is 79.9. The molecule has 3 rings (SSSR count). The first kappa shape index (κ1) is 13.9. The highest BCUT2D eigenvalue weighted by molar-refractivity contribution is 9.10. The fraction of sp³-hybridized carbons (Fsp3) is 0.533. The van der Waals surface area contributed by atoms with E-state index in [9.17, 15) is 4.79 Å². The normalized spacial score (nSPS) is 24.8. The lowest BCUT2D eigenvalue weighted by Gasteiger charge is -2.18. The van der Waals surface area contributed by atoms with Gasteiger partial charge >= 0.3 is 0 Å². The molecule has 2 heterocycles. The number of carbonyl (C=O) groups excluding carboxylic acids is 1. The largest absolute Gasteiger partial charge is 0.496 e. The third kappa shape index (κ3) is 2.69. The first-order valence-electron chi connectivity index (χ1n) is 6.98. The summed E-state index contributed by atoms with van der Waals surface area (Å²) in [6.45, 7) is 3.89. The molecular weight excluding hydrogens is 320 g/mol. The quantitative estimate of drug-likeness (QED) is 0.911.